The van der Waals surface area contributed by atoms with Gasteiger partial charge in [-0.1, -0.05) is 29.8 Å². The number of carbonyl (C=O) groups is 1. The van der Waals surface area contributed by atoms with E-state index in [2.05, 4.69) is 64.5 Å². The number of hydrogen-bond donors (Lipinski definition) is 2. The van der Waals surface area contributed by atoms with Gasteiger partial charge in [-0.3, -0.25) is 4.90 Å². The summed E-state index contributed by atoms with van der Waals surface area (Å²) in [6.45, 7) is 5.09. The van der Waals surface area contributed by atoms with E-state index in [9.17, 15) is 4.79 Å². The average Bonchev–Trinajstić information content (AvgIpc) is 2.99. The van der Waals surface area contributed by atoms with E-state index in [0.29, 0.717) is 19.1 Å². The van der Waals surface area contributed by atoms with Crippen LogP contribution in [0.3, 0.4) is 0 Å². The quantitative estimate of drug-likeness (QED) is 0.908. The zero-order valence-corrected chi connectivity index (χ0v) is 13.7. The Morgan fingerprint density at radius 1 is 1.22 bits per heavy atom. The molecule has 2 heterocycles. The Morgan fingerprint density at radius 3 is 2.78 bits per heavy atom. The molecule has 1 aliphatic rings. The van der Waals surface area contributed by atoms with Crippen LogP contribution in [0.2, 0.25) is 0 Å². The van der Waals surface area contributed by atoms with E-state index in [0.717, 1.165) is 18.7 Å². The van der Waals surface area contributed by atoms with Crippen molar-refractivity contribution in [2.24, 2.45) is 0 Å². The summed E-state index contributed by atoms with van der Waals surface area (Å²) >= 11 is 0. The highest BCUT2D eigenvalue weighted by Crippen LogP contribution is 2.15. The molecule has 0 fully saturated rings. The van der Waals surface area contributed by atoms with Gasteiger partial charge in [0.05, 0.1) is 0 Å². The normalized spacial score (nSPS) is 17.6. The molecular weight excluding hydrogens is 288 g/mol. The van der Waals surface area contributed by atoms with Crippen molar-refractivity contribution in [1.82, 2.24) is 20.1 Å². The fourth-order valence-electron chi connectivity index (χ4n) is 2.90. The number of likely N-dealkylation sites (N-methyl/N-ethyl adjacent to an activating group) is 1. The first-order chi connectivity index (χ1) is 11.1. The molecular formula is C18H24N4O. The second kappa shape index (κ2) is 6.87. The number of nitrogens with zero attached hydrogens (tertiary/aromatic N) is 2. The van der Waals surface area contributed by atoms with E-state index in [-0.39, 0.29) is 6.03 Å². The first-order valence-corrected chi connectivity index (χ1v) is 8.03. The third-order valence-electron chi connectivity index (χ3n) is 4.44. The number of rotatable bonds is 4. The molecule has 0 aliphatic carbocycles. The fourth-order valence-corrected chi connectivity index (χ4v) is 2.90. The smallest absolute Gasteiger partial charge is 0.315 e. The molecule has 0 saturated heterocycles. The molecule has 2 aromatic rings. The number of aromatic nitrogens is 1. The largest absolute Gasteiger partial charge is 0.349 e. The topological polar surface area (TPSA) is 49.3 Å². The molecule has 23 heavy (non-hydrogen) atoms. The van der Waals surface area contributed by atoms with Gasteiger partial charge in [-0.2, -0.15) is 0 Å². The molecule has 1 aromatic heterocycles. The minimum absolute atomic E-state index is 0.114. The molecule has 1 aliphatic heterocycles. The summed E-state index contributed by atoms with van der Waals surface area (Å²) < 4.78 is 2.26. The van der Waals surface area contributed by atoms with Crippen molar-refractivity contribution in [3.63, 3.8) is 0 Å². The molecule has 1 aromatic carbocycles. The van der Waals surface area contributed by atoms with Crippen molar-refractivity contribution in [3.8, 4) is 0 Å². The lowest BCUT2D eigenvalue weighted by atomic mass is 10.1. The van der Waals surface area contributed by atoms with Crippen molar-refractivity contribution in [1.29, 1.82) is 0 Å². The lowest BCUT2D eigenvalue weighted by Crippen LogP contribution is -2.49. The minimum Gasteiger partial charge on any atom is -0.349 e. The summed E-state index contributed by atoms with van der Waals surface area (Å²) in [6.07, 6.45) is 2.10. The monoisotopic (exact) mass is 312 g/mol. The van der Waals surface area contributed by atoms with Crippen LogP contribution >= 0.6 is 0 Å². The Labute approximate surface area is 137 Å². The maximum Gasteiger partial charge on any atom is 0.315 e. The Bertz CT molecular complexity index is 662. The van der Waals surface area contributed by atoms with Gasteiger partial charge < -0.3 is 15.2 Å². The molecule has 0 saturated carbocycles. The van der Waals surface area contributed by atoms with Crippen molar-refractivity contribution in [2.45, 2.75) is 32.6 Å². The number of benzene rings is 1. The highest BCUT2D eigenvalue weighted by atomic mass is 16.2. The van der Waals surface area contributed by atoms with Gasteiger partial charge in [0.2, 0.25) is 0 Å². The molecule has 2 N–H and O–H groups in total. The van der Waals surface area contributed by atoms with Gasteiger partial charge in [-0.25, -0.2) is 4.79 Å². The maximum absolute atomic E-state index is 12.0. The van der Waals surface area contributed by atoms with E-state index in [1.165, 1.54) is 11.3 Å². The van der Waals surface area contributed by atoms with Crippen molar-refractivity contribution in [3.05, 3.63) is 59.4 Å². The van der Waals surface area contributed by atoms with Gasteiger partial charge in [-0.15, -0.1) is 0 Å². The zero-order valence-electron chi connectivity index (χ0n) is 13.7. The number of urea groups is 1. The van der Waals surface area contributed by atoms with Gasteiger partial charge in [0, 0.05) is 44.1 Å². The lowest BCUT2D eigenvalue weighted by molar-refractivity contribution is 0.172. The SMILES string of the molecule is Cc1ccc(CNC(=O)NCC2Cn3cccc3CN2C)cc1. The van der Waals surface area contributed by atoms with Crippen LogP contribution in [0, 0.1) is 6.92 Å². The second-order valence-corrected chi connectivity index (χ2v) is 6.27. The summed E-state index contributed by atoms with van der Waals surface area (Å²) in [5.41, 5.74) is 3.66. The number of hydrogen-bond acceptors (Lipinski definition) is 2. The van der Waals surface area contributed by atoms with Crippen LogP contribution in [-0.4, -0.2) is 35.1 Å². The predicted octanol–water partition coefficient (Wildman–Crippen LogP) is 2.11. The molecule has 122 valence electrons. The number of nitrogens with one attached hydrogen (secondary N) is 2. The van der Waals surface area contributed by atoms with E-state index in [4.69, 9.17) is 0 Å². The molecule has 5 nitrogen and oxygen atoms in total. The Balaban J connectivity index is 1.45. The maximum atomic E-state index is 12.0. The predicted molar refractivity (Wildman–Crippen MR) is 91.1 cm³/mol. The number of fused-ring (bicyclic) bond motifs is 1. The first-order valence-electron chi connectivity index (χ1n) is 8.03. The second-order valence-electron chi connectivity index (χ2n) is 6.27. The van der Waals surface area contributed by atoms with Crippen LogP contribution < -0.4 is 10.6 Å². The molecule has 5 heteroatoms. The van der Waals surface area contributed by atoms with Gasteiger partial charge in [0.1, 0.15) is 0 Å². The van der Waals surface area contributed by atoms with Crippen LogP contribution in [0.1, 0.15) is 16.8 Å². The highest BCUT2D eigenvalue weighted by molar-refractivity contribution is 5.73. The molecule has 2 amide bonds. The molecule has 1 unspecified atom stereocenters. The summed E-state index contributed by atoms with van der Waals surface area (Å²) in [4.78, 5) is 14.3. The van der Waals surface area contributed by atoms with Crippen LogP contribution in [0.25, 0.3) is 0 Å². The summed E-state index contributed by atoms with van der Waals surface area (Å²) in [6, 6.07) is 12.6. The number of amides is 2. The van der Waals surface area contributed by atoms with Crippen molar-refractivity contribution < 1.29 is 4.79 Å². The van der Waals surface area contributed by atoms with Gasteiger partial charge in [0.25, 0.3) is 0 Å². The van der Waals surface area contributed by atoms with Crippen LogP contribution in [0.15, 0.2) is 42.6 Å². The average molecular weight is 312 g/mol. The third-order valence-corrected chi connectivity index (χ3v) is 4.44. The molecule has 0 bridgehead atoms. The van der Waals surface area contributed by atoms with E-state index in [1.54, 1.807) is 0 Å². The van der Waals surface area contributed by atoms with E-state index in [1.807, 2.05) is 12.1 Å². The van der Waals surface area contributed by atoms with Crippen molar-refractivity contribution in [2.75, 3.05) is 13.6 Å². The van der Waals surface area contributed by atoms with Gasteiger partial charge in [-0.05, 0) is 31.7 Å². The molecule has 0 radical (unpaired) electrons. The molecule has 3 rings (SSSR count). The number of aryl methyl sites for hydroxylation is 1. The molecule has 1 atom stereocenters. The summed E-state index contributed by atoms with van der Waals surface area (Å²) in [5.74, 6) is 0. The third kappa shape index (κ3) is 3.93. The summed E-state index contributed by atoms with van der Waals surface area (Å²) in [5, 5.41) is 5.89. The highest BCUT2D eigenvalue weighted by Gasteiger charge is 2.22. The van der Waals surface area contributed by atoms with Crippen LogP contribution in [0.4, 0.5) is 4.79 Å². The fraction of sp³-hybridized carbons (Fsp3) is 0.389. The minimum atomic E-state index is -0.114. The Morgan fingerprint density at radius 2 is 2.00 bits per heavy atom. The van der Waals surface area contributed by atoms with Gasteiger partial charge in [0.15, 0.2) is 0 Å². The van der Waals surface area contributed by atoms with Crippen molar-refractivity contribution >= 4 is 6.03 Å². The van der Waals surface area contributed by atoms with Crippen LogP contribution in [-0.2, 0) is 19.6 Å². The Kier molecular flexibility index (Phi) is 4.67. The number of carbonyl (C=O) groups excluding carboxylic acids is 1. The van der Waals surface area contributed by atoms with Gasteiger partial charge >= 0.3 is 6.03 Å². The summed E-state index contributed by atoms with van der Waals surface area (Å²) in [7, 11) is 2.10. The standard InChI is InChI=1S/C18H24N4O/c1-14-5-7-15(8-6-14)10-19-18(23)20-11-17-13-22-9-3-4-16(22)12-21(17)2/h3-9,17H,10-13H2,1-2H3,(H2,19,20,23). The lowest BCUT2D eigenvalue weighted by Gasteiger charge is -2.34. The zero-order chi connectivity index (χ0) is 16.2. The molecule has 0 spiro atoms. The van der Waals surface area contributed by atoms with E-state index < -0.39 is 0 Å². The van der Waals surface area contributed by atoms with E-state index >= 15 is 0 Å². The van der Waals surface area contributed by atoms with Crippen LogP contribution in [0.5, 0.6) is 0 Å². The first kappa shape index (κ1) is 15.6. The Hall–Kier alpha value is -2.27.